The number of fused-ring (bicyclic) bond motifs is 2. The number of aromatic nitrogens is 1. The van der Waals surface area contributed by atoms with Crippen LogP contribution in [0.1, 0.15) is 6.42 Å². The summed E-state index contributed by atoms with van der Waals surface area (Å²) < 4.78 is 10.8. The topological polar surface area (TPSA) is 57.4 Å². The van der Waals surface area contributed by atoms with Crippen LogP contribution in [0.4, 0.5) is 0 Å². The summed E-state index contributed by atoms with van der Waals surface area (Å²) in [6.07, 6.45) is 0.976. The first-order chi connectivity index (χ1) is 11.3. The van der Waals surface area contributed by atoms with Crippen LogP contribution in [0.5, 0.6) is 11.5 Å². The number of ether oxygens (including phenoxy) is 2. The lowest BCUT2D eigenvalue weighted by Gasteiger charge is -2.12. The number of nitrogens with zero attached hydrogens (tertiary/aromatic N) is 1. The van der Waals surface area contributed by atoms with E-state index in [0.717, 1.165) is 45.5 Å². The Kier molecular flexibility index (Phi) is 8.59. The van der Waals surface area contributed by atoms with Crippen LogP contribution in [0.3, 0.4) is 0 Å². The zero-order valence-electron chi connectivity index (χ0n) is 14.2. The fourth-order valence-electron chi connectivity index (χ4n) is 2.53. The van der Waals surface area contributed by atoms with Gasteiger partial charge in [-0.1, -0.05) is 0 Å². The zero-order valence-corrected chi connectivity index (χ0v) is 16.6. The molecule has 0 amide bonds. The number of hydrogen-bond donors (Lipinski definition) is 1. The maximum absolute atomic E-state index is 5.64. The van der Waals surface area contributed by atoms with E-state index in [1.54, 1.807) is 14.2 Å². The Balaban J connectivity index is 0.00000156. The molecule has 0 bridgehead atoms. The van der Waals surface area contributed by atoms with E-state index < -0.39 is 0 Å². The summed E-state index contributed by atoms with van der Waals surface area (Å²) in [5.74, 6) is 2.64. The van der Waals surface area contributed by atoms with E-state index in [9.17, 15) is 0 Å². The van der Waals surface area contributed by atoms with Gasteiger partial charge in [0.1, 0.15) is 11.5 Å². The molecular formula is C18H22Cl2N2O2S. The molecule has 2 aromatic carbocycles. The van der Waals surface area contributed by atoms with Gasteiger partial charge in [-0.25, -0.2) is 4.98 Å². The van der Waals surface area contributed by atoms with Crippen molar-refractivity contribution < 1.29 is 9.47 Å². The lowest BCUT2D eigenvalue weighted by Crippen LogP contribution is -1.99. The molecule has 0 aliphatic carbocycles. The van der Waals surface area contributed by atoms with Gasteiger partial charge in [0.25, 0.3) is 0 Å². The molecule has 1 heterocycles. The second kappa shape index (κ2) is 9.92. The summed E-state index contributed by atoms with van der Waals surface area (Å²) in [7, 11) is 3.36. The number of hydrogen-bond acceptors (Lipinski definition) is 5. The number of nitrogens with two attached hydrogens (primary N) is 1. The van der Waals surface area contributed by atoms with E-state index in [4.69, 9.17) is 20.2 Å². The van der Waals surface area contributed by atoms with Crippen LogP contribution in [0, 0.1) is 0 Å². The predicted molar refractivity (Wildman–Crippen MR) is 111 cm³/mol. The molecule has 3 aromatic rings. The highest BCUT2D eigenvalue weighted by Gasteiger charge is 2.11. The molecule has 136 valence electrons. The molecule has 0 fully saturated rings. The second-order valence-corrected chi connectivity index (χ2v) is 6.30. The van der Waals surface area contributed by atoms with Gasteiger partial charge < -0.3 is 15.2 Å². The standard InChI is InChI=1S/C18H20N2O2S.2ClH/c1-21-12-4-6-16-14(10-12)18(23-9-3-8-19)15-11-13(22-2)5-7-17(15)20-16;;/h4-7,10-11H,3,8-9,19H2,1-2H3;2*1H. The molecule has 0 unspecified atom stereocenters. The molecule has 0 aliphatic heterocycles. The molecule has 7 heteroatoms. The highest BCUT2D eigenvalue weighted by molar-refractivity contribution is 7.99. The Hall–Kier alpha value is -1.40. The van der Waals surface area contributed by atoms with Crippen molar-refractivity contribution in [3.05, 3.63) is 36.4 Å². The van der Waals surface area contributed by atoms with Crippen LogP contribution in [0.2, 0.25) is 0 Å². The maximum atomic E-state index is 5.64. The van der Waals surface area contributed by atoms with Gasteiger partial charge in [0.15, 0.2) is 0 Å². The average Bonchev–Trinajstić information content (AvgIpc) is 2.60. The van der Waals surface area contributed by atoms with E-state index in [1.807, 2.05) is 48.2 Å². The SMILES string of the molecule is COc1ccc2nc3ccc(OC)cc3c(SCCCN)c2c1.Cl.Cl. The largest absolute Gasteiger partial charge is 0.497 e. The van der Waals surface area contributed by atoms with Crippen LogP contribution in [-0.2, 0) is 0 Å². The number of thioether (sulfide) groups is 1. The molecule has 25 heavy (non-hydrogen) atoms. The Labute approximate surface area is 164 Å². The Bertz CT molecular complexity index is 784. The summed E-state index contributed by atoms with van der Waals surface area (Å²) in [6.45, 7) is 0.695. The van der Waals surface area contributed by atoms with E-state index in [-0.39, 0.29) is 24.8 Å². The van der Waals surface area contributed by atoms with Gasteiger partial charge >= 0.3 is 0 Å². The van der Waals surface area contributed by atoms with Crippen LogP contribution in [-0.4, -0.2) is 31.5 Å². The third kappa shape index (κ3) is 4.61. The van der Waals surface area contributed by atoms with Gasteiger partial charge in [-0.15, -0.1) is 36.6 Å². The fourth-order valence-corrected chi connectivity index (χ4v) is 3.68. The van der Waals surface area contributed by atoms with Crippen LogP contribution in [0.15, 0.2) is 41.3 Å². The molecule has 0 spiro atoms. The minimum absolute atomic E-state index is 0. The third-order valence-electron chi connectivity index (χ3n) is 3.73. The van der Waals surface area contributed by atoms with Gasteiger partial charge in [0.05, 0.1) is 25.3 Å². The first-order valence-corrected chi connectivity index (χ1v) is 8.53. The predicted octanol–water partition coefficient (Wildman–Crippen LogP) is 4.69. The number of halogens is 2. The molecular weight excluding hydrogens is 379 g/mol. The van der Waals surface area contributed by atoms with Crippen molar-refractivity contribution in [3.63, 3.8) is 0 Å². The first-order valence-electron chi connectivity index (χ1n) is 7.55. The number of rotatable bonds is 6. The summed E-state index contributed by atoms with van der Waals surface area (Å²) in [5, 5.41) is 2.21. The molecule has 2 N–H and O–H groups in total. The van der Waals surface area contributed by atoms with E-state index in [2.05, 4.69) is 0 Å². The highest BCUT2D eigenvalue weighted by atomic mass is 35.5. The molecule has 0 aliphatic rings. The molecule has 0 atom stereocenters. The Morgan fingerprint density at radius 3 is 1.88 bits per heavy atom. The number of methoxy groups -OCH3 is 2. The summed E-state index contributed by atoms with van der Waals surface area (Å²) >= 11 is 1.81. The van der Waals surface area contributed by atoms with Gasteiger partial charge in [-0.05, 0) is 55.1 Å². The average molecular weight is 401 g/mol. The smallest absolute Gasteiger partial charge is 0.119 e. The minimum Gasteiger partial charge on any atom is -0.497 e. The molecule has 0 radical (unpaired) electrons. The summed E-state index contributed by atoms with van der Waals surface area (Å²) in [6, 6.07) is 12.0. The van der Waals surface area contributed by atoms with E-state index >= 15 is 0 Å². The second-order valence-electron chi connectivity index (χ2n) is 5.20. The van der Waals surface area contributed by atoms with Crippen LogP contribution < -0.4 is 15.2 Å². The zero-order chi connectivity index (χ0) is 16.2. The molecule has 0 saturated heterocycles. The molecule has 4 nitrogen and oxygen atoms in total. The first kappa shape index (κ1) is 21.6. The van der Waals surface area contributed by atoms with Crippen molar-refractivity contribution in [2.45, 2.75) is 11.3 Å². The van der Waals surface area contributed by atoms with Crippen molar-refractivity contribution >= 4 is 58.4 Å². The minimum atomic E-state index is 0. The molecule has 0 saturated carbocycles. The van der Waals surface area contributed by atoms with E-state index in [0.29, 0.717) is 6.54 Å². The van der Waals surface area contributed by atoms with Crippen molar-refractivity contribution in [1.82, 2.24) is 4.98 Å². The summed E-state index contributed by atoms with van der Waals surface area (Å²) in [4.78, 5) is 5.97. The normalized spacial score (nSPS) is 10.2. The Morgan fingerprint density at radius 2 is 1.44 bits per heavy atom. The Morgan fingerprint density at radius 1 is 0.920 bits per heavy atom. The van der Waals surface area contributed by atoms with Crippen molar-refractivity contribution in [2.24, 2.45) is 5.73 Å². The fraction of sp³-hybridized carbons (Fsp3) is 0.278. The van der Waals surface area contributed by atoms with Crippen molar-refractivity contribution in [2.75, 3.05) is 26.5 Å². The monoisotopic (exact) mass is 400 g/mol. The van der Waals surface area contributed by atoms with Crippen molar-refractivity contribution in [1.29, 1.82) is 0 Å². The quantitative estimate of drug-likeness (QED) is 0.369. The highest BCUT2D eigenvalue weighted by Crippen LogP contribution is 2.37. The van der Waals surface area contributed by atoms with Crippen LogP contribution in [0.25, 0.3) is 21.8 Å². The molecule has 3 rings (SSSR count). The number of benzene rings is 2. The maximum Gasteiger partial charge on any atom is 0.119 e. The third-order valence-corrected chi connectivity index (χ3v) is 4.95. The molecule has 1 aromatic heterocycles. The lowest BCUT2D eigenvalue weighted by molar-refractivity contribution is 0.415. The number of pyridine rings is 1. The van der Waals surface area contributed by atoms with E-state index in [1.165, 1.54) is 4.90 Å². The van der Waals surface area contributed by atoms with Gasteiger partial charge in [-0.2, -0.15) is 0 Å². The summed E-state index contributed by atoms with van der Waals surface area (Å²) in [5.41, 5.74) is 7.59. The van der Waals surface area contributed by atoms with Crippen molar-refractivity contribution in [3.8, 4) is 11.5 Å². The van der Waals surface area contributed by atoms with Crippen LogP contribution >= 0.6 is 36.6 Å². The lowest BCUT2D eigenvalue weighted by atomic mass is 10.1. The van der Waals surface area contributed by atoms with Gasteiger partial charge in [-0.3, -0.25) is 0 Å². The van der Waals surface area contributed by atoms with Gasteiger partial charge in [0.2, 0.25) is 0 Å². The van der Waals surface area contributed by atoms with Gasteiger partial charge in [0, 0.05) is 15.7 Å².